The van der Waals surface area contributed by atoms with Crippen molar-refractivity contribution < 1.29 is 14.3 Å². The summed E-state index contributed by atoms with van der Waals surface area (Å²) >= 11 is 1.28. The summed E-state index contributed by atoms with van der Waals surface area (Å²) in [5.41, 5.74) is 1.66. The molecule has 1 atom stereocenters. The van der Waals surface area contributed by atoms with Crippen LogP contribution in [0.15, 0.2) is 35.7 Å². The predicted octanol–water partition coefficient (Wildman–Crippen LogP) is 2.86. The van der Waals surface area contributed by atoms with Crippen LogP contribution in [0.1, 0.15) is 34.0 Å². The van der Waals surface area contributed by atoms with Crippen LogP contribution < -0.4 is 5.32 Å². The second-order valence-electron chi connectivity index (χ2n) is 4.51. The van der Waals surface area contributed by atoms with E-state index in [2.05, 4.69) is 5.32 Å². The summed E-state index contributed by atoms with van der Waals surface area (Å²) in [5, 5.41) is 13.8. The summed E-state index contributed by atoms with van der Waals surface area (Å²) < 4.78 is 5.22. The van der Waals surface area contributed by atoms with E-state index in [0.717, 1.165) is 5.56 Å². The number of hydrogen-bond acceptors (Lipinski definition) is 5. The molecule has 2 heterocycles. The first-order valence-electron chi connectivity index (χ1n) is 6.26. The Morgan fingerprint density at radius 1 is 1.38 bits per heavy atom. The number of nitrogens with zero attached hydrogens (tertiary/aromatic N) is 1. The van der Waals surface area contributed by atoms with Crippen molar-refractivity contribution in [2.45, 2.75) is 12.5 Å². The highest BCUT2D eigenvalue weighted by Gasteiger charge is 2.32. The monoisotopic (exact) mass is 298 g/mol. The van der Waals surface area contributed by atoms with E-state index in [1.165, 1.54) is 11.3 Å². The van der Waals surface area contributed by atoms with E-state index >= 15 is 0 Å². The average molecular weight is 298 g/mol. The molecule has 0 radical (unpaired) electrons. The van der Waals surface area contributed by atoms with Gasteiger partial charge in [0, 0.05) is 5.56 Å². The zero-order valence-electron chi connectivity index (χ0n) is 10.8. The standard InChI is InChI=1S/C15H10N2O3S/c16-8-9-5-6-21-14(9)17-13(18)7-12-10-3-1-2-4-11(10)15(19)20-12/h1-6,12H,7H2,(H,17,18). The maximum absolute atomic E-state index is 12.0. The van der Waals surface area contributed by atoms with Gasteiger partial charge >= 0.3 is 5.97 Å². The van der Waals surface area contributed by atoms with Crippen LogP contribution in [0.5, 0.6) is 0 Å². The first-order chi connectivity index (χ1) is 10.2. The van der Waals surface area contributed by atoms with Crippen LogP contribution in [0.4, 0.5) is 5.00 Å². The van der Waals surface area contributed by atoms with Gasteiger partial charge in [-0.1, -0.05) is 18.2 Å². The minimum Gasteiger partial charge on any atom is -0.453 e. The van der Waals surface area contributed by atoms with Crippen molar-refractivity contribution in [1.29, 1.82) is 5.26 Å². The third kappa shape index (κ3) is 2.51. The summed E-state index contributed by atoms with van der Waals surface area (Å²) in [7, 11) is 0. The second kappa shape index (κ2) is 5.38. The summed E-state index contributed by atoms with van der Waals surface area (Å²) in [6.45, 7) is 0. The molecule has 2 aromatic rings. The molecular formula is C15H10N2O3S. The molecule has 1 aliphatic rings. The molecule has 0 saturated carbocycles. The molecule has 21 heavy (non-hydrogen) atoms. The third-order valence-electron chi connectivity index (χ3n) is 3.19. The summed E-state index contributed by atoms with van der Waals surface area (Å²) in [4.78, 5) is 23.7. The number of fused-ring (bicyclic) bond motifs is 1. The Hall–Kier alpha value is -2.65. The fourth-order valence-corrected chi connectivity index (χ4v) is 2.97. The van der Waals surface area contributed by atoms with Gasteiger partial charge in [-0.3, -0.25) is 4.79 Å². The van der Waals surface area contributed by atoms with Crippen molar-refractivity contribution in [2.75, 3.05) is 5.32 Å². The summed E-state index contributed by atoms with van der Waals surface area (Å²) in [6, 6.07) is 10.7. The molecule has 6 heteroatoms. The molecule has 1 aromatic heterocycles. The van der Waals surface area contributed by atoms with E-state index in [4.69, 9.17) is 10.00 Å². The van der Waals surface area contributed by atoms with E-state index in [1.807, 2.05) is 6.07 Å². The second-order valence-corrected chi connectivity index (χ2v) is 5.42. The van der Waals surface area contributed by atoms with Gasteiger partial charge in [0.05, 0.1) is 17.5 Å². The quantitative estimate of drug-likeness (QED) is 0.884. The van der Waals surface area contributed by atoms with E-state index in [9.17, 15) is 9.59 Å². The number of nitriles is 1. The number of hydrogen-bond donors (Lipinski definition) is 1. The van der Waals surface area contributed by atoms with Crippen LogP contribution in [0, 0.1) is 11.3 Å². The number of amides is 1. The predicted molar refractivity (Wildman–Crippen MR) is 76.9 cm³/mol. The number of thiophene rings is 1. The van der Waals surface area contributed by atoms with Gasteiger partial charge in [0.15, 0.2) is 0 Å². The van der Waals surface area contributed by atoms with Gasteiger partial charge < -0.3 is 10.1 Å². The zero-order chi connectivity index (χ0) is 14.8. The first-order valence-corrected chi connectivity index (χ1v) is 7.14. The van der Waals surface area contributed by atoms with Crippen LogP contribution >= 0.6 is 11.3 Å². The van der Waals surface area contributed by atoms with Gasteiger partial charge in [-0.15, -0.1) is 11.3 Å². The molecule has 1 amide bonds. The molecule has 104 valence electrons. The Kier molecular flexibility index (Phi) is 3.42. The van der Waals surface area contributed by atoms with Gasteiger partial charge in [-0.05, 0) is 17.5 Å². The van der Waals surface area contributed by atoms with E-state index in [-0.39, 0.29) is 12.3 Å². The molecule has 0 saturated heterocycles. The molecule has 5 nitrogen and oxygen atoms in total. The van der Waals surface area contributed by atoms with Crippen molar-refractivity contribution >= 4 is 28.2 Å². The topological polar surface area (TPSA) is 79.2 Å². The maximum Gasteiger partial charge on any atom is 0.339 e. The smallest absolute Gasteiger partial charge is 0.339 e. The lowest BCUT2D eigenvalue weighted by Crippen LogP contribution is -2.15. The number of carbonyl (C=O) groups excluding carboxylic acids is 2. The number of esters is 1. The van der Waals surface area contributed by atoms with Crippen LogP contribution in [0.3, 0.4) is 0 Å². The Bertz CT molecular complexity index is 760. The van der Waals surface area contributed by atoms with E-state index in [1.54, 1.807) is 35.7 Å². The normalized spacial score (nSPS) is 16.0. The molecule has 1 N–H and O–H groups in total. The van der Waals surface area contributed by atoms with Crippen molar-refractivity contribution in [3.05, 3.63) is 52.4 Å². The molecule has 1 aromatic carbocycles. The van der Waals surface area contributed by atoms with Crippen molar-refractivity contribution in [1.82, 2.24) is 0 Å². The van der Waals surface area contributed by atoms with Gasteiger partial charge in [-0.2, -0.15) is 5.26 Å². The highest BCUT2D eigenvalue weighted by molar-refractivity contribution is 7.14. The number of benzene rings is 1. The van der Waals surface area contributed by atoms with Crippen molar-refractivity contribution in [3.8, 4) is 6.07 Å². The fourth-order valence-electron chi connectivity index (χ4n) is 2.21. The molecule has 1 unspecified atom stereocenters. The minimum atomic E-state index is -0.570. The number of rotatable bonds is 3. The number of ether oxygens (including phenoxy) is 1. The van der Waals surface area contributed by atoms with Gasteiger partial charge in [0.2, 0.25) is 5.91 Å². The fraction of sp³-hybridized carbons (Fsp3) is 0.133. The van der Waals surface area contributed by atoms with Crippen LogP contribution in [0.25, 0.3) is 0 Å². The molecule has 1 aliphatic heterocycles. The Morgan fingerprint density at radius 2 is 2.19 bits per heavy atom. The largest absolute Gasteiger partial charge is 0.453 e. The molecule has 0 bridgehead atoms. The average Bonchev–Trinajstić information content (AvgIpc) is 3.05. The van der Waals surface area contributed by atoms with Crippen LogP contribution in [-0.2, 0) is 9.53 Å². The molecule has 3 rings (SSSR count). The Morgan fingerprint density at radius 3 is 3.00 bits per heavy atom. The number of nitrogens with one attached hydrogen (secondary N) is 1. The van der Waals surface area contributed by atoms with E-state index in [0.29, 0.717) is 16.1 Å². The lowest BCUT2D eigenvalue weighted by atomic mass is 10.0. The highest BCUT2D eigenvalue weighted by Crippen LogP contribution is 2.33. The van der Waals surface area contributed by atoms with Gasteiger partial charge in [0.1, 0.15) is 17.2 Å². The number of carbonyl (C=O) groups is 2. The Labute approximate surface area is 124 Å². The molecule has 0 spiro atoms. The lowest BCUT2D eigenvalue weighted by Gasteiger charge is -2.10. The number of anilines is 1. The van der Waals surface area contributed by atoms with Gasteiger partial charge in [0.25, 0.3) is 0 Å². The molecule has 0 aliphatic carbocycles. The molecular weight excluding hydrogens is 288 g/mol. The lowest BCUT2D eigenvalue weighted by molar-refractivity contribution is -0.118. The Balaban J connectivity index is 1.72. The van der Waals surface area contributed by atoms with Crippen LogP contribution in [0.2, 0.25) is 0 Å². The maximum atomic E-state index is 12.0. The van der Waals surface area contributed by atoms with Crippen molar-refractivity contribution in [2.24, 2.45) is 0 Å². The first kappa shape index (κ1) is 13.3. The third-order valence-corrected chi connectivity index (χ3v) is 4.02. The van der Waals surface area contributed by atoms with Crippen LogP contribution in [-0.4, -0.2) is 11.9 Å². The highest BCUT2D eigenvalue weighted by atomic mass is 32.1. The summed E-state index contributed by atoms with van der Waals surface area (Å²) in [5.74, 6) is -0.694. The van der Waals surface area contributed by atoms with E-state index < -0.39 is 12.1 Å². The molecule has 0 fully saturated rings. The van der Waals surface area contributed by atoms with Gasteiger partial charge in [-0.25, -0.2) is 4.79 Å². The zero-order valence-corrected chi connectivity index (χ0v) is 11.6. The van der Waals surface area contributed by atoms with Crippen molar-refractivity contribution in [3.63, 3.8) is 0 Å². The number of cyclic esters (lactones) is 1. The minimum absolute atomic E-state index is 0.0333. The summed E-state index contributed by atoms with van der Waals surface area (Å²) in [6.07, 6.45) is -0.537. The SMILES string of the molecule is N#Cc1ccsc1NC(=O)CC1OC(=O)c2ccccc21.